The van der Waals surface area contributed by atoms with Crippen LogP contribution in [-0.4, -0.2) is 30.6 Å². The minimum Gasteiger partial charge on any atom is -0.380 e. The standard InChI is InChI=1S/C14H18ClN3/c1-11(10-18-6-2-3-7-18)17-14-5-4-13(15)8-12(14)9-16/h4-5,8,11,17H,2-3,6-7,10H2,1H3. The molecule has 1 aliphatic heterocycles. The van der Waals surface area contributed by atoms with Crippen molar-refractivity contribution in [3.63, 3.8) is 0 Å². The number of halogens is 1. The second-order valence-corrected chi connectivity index (χ2v) is 5.29. The number of likely N-dealkylation sites (tertiary alicyclic amines) is 1. The van der Waals surface area contributed by atoms with Gasteiger partial charge in [-0.05, 0) is 51.1 Å². The van der Waals surface area contributed by atoms with Crippen molar-refractivity contribution in [1.82, 2.24) is 4.90 Å². The minimum atomic E-state index is 0.330. The van der Waals surface area contributed by atoms with Crippen molar-refractivity contribution in [1.29, 1.82) is 5.26 Å². The second kappa shape index (κ2) is 6.08. The van der Waals surface area contributed by atoms with E-state index >= 15 is 0 Å². The third-order valence-corrected chi connectivity index (χ3v) is 3.47. The van der Waals surface area contributed by atoms with Gasteiger partial charge in [-0.25, -0.2) is 0 Å². The quantitative estimate of drug-likeness (QED) is 0.907. The van der Waals surface area contributed by atoms with Crippen LogP contribution >= 0.6 is 11.6 Å². The lowest BCUT2D eigenvalue weighted by molar-refractivity contribution is 0.328. The third-order valence-electron chi connectivity index (χ3n) is 3.23. The molecule has 0 bridgehead atoms. The van der Waals surface area contributed by atoms with Gasteiger partial charge < -0.3 is 10.2 Å². The number of nitriles is 1. The maximum Gasteiger partial charge on any atom is 0.101 e. The maximum atomic E-state index is 9.08. The summed E-state index contributed by atoms with van der Waals surface area (Å²) in [7, 11) is 0. The van der Waals surface area contributed by atoms with Gasteiger partial charge in [-0.2, -0.15) is 5.26 Å². The first-order chi connectivity index (χ1) is 8.69. The summed E-state index contributed by atoms with van der Waals surface area (Å²) in [5, 5.41) is 13.1. The molecule has 0 saturated carbocycles. The van der Waals surface area contributed by atoms with Gasteiger partial charge in [0.2, 0.25) is 0 Å². The van der Waals surface area contributed by atoms with E-state index < -0.39 is 0 Å². The van der Waals surface area contributed by atoms with Crippen LogP contribution in [0.2, 0.25) is 5.02 Å². The molecule has 1 saturated heterocycles. The van der Waals surface area contributed by atoms with E-state index in [9.17, 15) is 0 Å². The SMILES string of the molecule is CC(CN1CCCC1)Nc1ccc(Cl)cc1C#N. The first-order valence-electron chi connectivity index (χ1n) is 6.37. The van der Waals surface area contributed by atoms with Crippen molar-refractivity contribution in [2.24, 2.45) is 0 Å². The molecular weight excluding hydrogens is 246 g/mol. The molecule has 1 aromatic carbocycles. The zero-order valence-electron chi connectivity index (χ0n) is 10.6. The van der Waals surface area contributed by atoms with E-state index in [1.165, 1.54) is 25.9 Å². The number of anilines is 1. The molecule has 0 spiro atoms. The number of hydrogen-bond donors (Lipinski definition) is 1. The maximum absolute atomic E-state index is 9.08. The lowest BCUT2D eigenvalue weighted by atomic mass is 10.1. The molecule has 96 valence electrons. The Bertz CT molecular complexity index is 447. The molecule has 1 unspecified atom stereocenters. The van der Waals surface area contributed by atoms with Gasteiger partial charge in [0, 0.05) is 17.6 Å². The number of rotatable bonds is 4. The summed E-state index contributed by atoms with van der Waals surface area (Å²) in [5.41, 5.74) is 1.48. The predicted molar refractivity (Wildman–Crippen MR) is 74.9 cm³/mol. The van der Waals surface area contributed by atoms with Crippen LogP contribution in [0.5, 0.6) is 0 Å². The second-order valence-electron chi connectivity index (χ2n) is 4.85. The average molecular weight is 264 g/mol. The number of hydrogen-bond acceptors (Lipinski definition) is 3. The minimum absolute atomic E-state index is 0.330. The molecule has 1 fully saturated rings. The van der Waals surface area contributed by atoms with Crippen LogP contribution in [-0.2, 0) is 0 Å². The lowest BCUT2D eigenvalue weighted by Crippen LogP contribution is -2.33. The topological polar surface area (TPSA) is 39.1 Å². The Balaban J connectivity index is 1.98. The smallest absolute Gasteiger partial charge is 0.101 e. The molecule has 0 radical (unpaired) electrons. The zero-order chi connectivity index (χ0) is 13.0. The van der Waals surface area contributed by atoms with Gasteiger partial charge in [-0.3, -0.25) is 0 Å². The fourth-order valence-corrected chi connectivity index (χ4v) is 2.57. The molecule has 18 heavy (non-hydrogen) atoms. The molecule has 2 rings (SSSR count). The van der Waals surface area contributed by atoms with E-state index in [1.807, 2.05) is 12.1 Å². The molecular formula is C14H18ClN3. The molecule has 0 aliphatic carbocycles. The number of nitrogens with one attached hydrogen (secondary N) is 1. The van der Waals surface area contributed by atoms with E-state index in [-0.39, 0.29) is 0 Å². The van der Waals surface area contributed by atoms with E-state index in [1.54, 1.807) is 6.07 Å². The van der Waals surface area contributed by atoms with Gasteiger partial charge in [0.25, 0.3) is 0 Å². The van der Waals surface area contributed by atoms with Crippen LogP contribution in [0.25, 0.3) is 0 Å². The average Bonchev–Trinajstić information content (AvgIpc) is 2.84. The first kappa shape index (κ1) is 13.2. The Morgan fingerprint density at radius 2 is 2.17 bits per heavy atom. The largest absolute Gasteiger partial charge is 0.380 e. The van der Waals surface area contributed by atoms with Gasteiger partial charge >= 0.3 is 0 Å². The van der Waals surface area contributed by atoms with Crippen LogP contribution in [0.4, 0.5) is 5.69 Å². The molecule has 1 heterocycles. The summed E-state index contributed by atoms with van der Waals surface area (Å²) in [6.07, 6.45) is 2.61. The zero-order valence-corrected chi connectivity index (χ0v) is 11.4. The fourth-order valence-electron chi connectivity index (χ4n) is 2.40. The molecule has 1 atom stereocenters. The highest BCUT2D eigenvalue weighted by atomic mass is 35.5. The Kier molecular flexibility index (Phi) is 4.46. The summed E-state index contributed by atoms with van der Waals surface area (Å²) in [6, 6.07) is 7.89. The molecule has 1 aliphatic rings. The van der Waals surface area contributed by atoms with E-state index in [0.717, 1.165) is 12.2 Å². The van der Waals surface area contributed by atoms with Gasteiger partial charge in [0.05, 0.1) is 11.3 Å². The Hall–Kier alpha value is -1.24. The van der Waals surface area contributed by atoms with Gasteiger partial charge in [0.15, 0.2) is 0 Å². The van der Waals surface area contributed by atoms with Crippen molar-refractivity contribution in [2.75, 3.05) is 25.0 Å². The summed E-state index contributed by atoms with van der Waals surface area (Å²) in [6.45, 7) is 5.55. The van der Waals surface area contributed by atoms with Gasteiger partial charge in [-0.1, -0.05) is 11.6 Å². The molecule has 0 amide bonds. The molecule has 1 N–H and O–H groups in total. The van der Waals surface area contributed by atoms with Gasteiger partial charge in [-0.15, -0.1) is 0 Å². The van der Waals surface area contributed by atoms with Gasteiger partial charge in [0.1, 0.15) is 6.07 Å². The lowest BCUT2D eigenvalue weighted by Gasteiger charge is -2.22. The monoisotopic (exact) mass is 263 g/mol. The summed E-state index contributed by atoms with van der Waals surface area (Å²) < 4.78 is 0. The summed E-state index contributed by atoms with van der Waals surface area (Å²) in [4.78, 5) is 2.46. The highest BCUT2D eigenvalue weighted by molar-refractivity contribution is 6.30. The van der Waals surface area contributed by atoms with Crippen molar-refractivity contribution in [3.05, 3.63) is 28.8 Å². The van der Waals surface area contributed by atoms with Crippen LogP contribution < -0.4 is 5.32 Å². The third kappa shape index (κ3) is 3.38. The van der Waals surface area contributed by atoms with E-state index in [0.29, 0.717) is 16.6 Å². The fraction of sp³-hybridized carbons (Fsp3) is 0.500. The van der Waals surface area contributed by atoms with Crippen LogP contribution in [0.15, 0.2) is 18.2 Å². The summed E-state index contributed by atoms with van der Waals surface area (Å²) >= 11 is 5.88. The number of benzene rings is 1. The predicted octanol–water partition coefficient (Wildman–Crippen LogP) is 3.11. The molecule has 4 heteroatoms. The van der Waals surface area contributed by atoms with Crippen molar-refractivity contribution in [2.45, 2.75) is 25.8 Å². The summed E-state index contributed by atoms with van der Waals surface area (Å²) in [5.74, 6) is 0. The number of nitrogens with zero attached hydrogens (tertiary/aromatic N) is 2. The Morgan fingerprint density at radius 1 is 1.44 bits per heavy atom. The van der Waals surface area contributed by atoms with E-state index in [4.69, 9.17) is 16.9 Å². The highest BCUT2D eigenvalue weighted by Crippen LogP contribution is 2.21. The van der Waals surface area contributed by atoms with Crippen LogP contribution in [0.3, 0.4) is 0 Å². The Labute approximate surface area is 113 Å². The molecule has 3 nitrogen and oxygen atoms in total. The van der Waals surface area contributed by atoms with Crippen LogP contribution in [0, 0.1) is 11.3 Å². The normalized spacial score (nSPS) is 17.4. The molecule has 1 aromatic rings. The van der Waals surface area contributed by atoms with Crippen molar-refractivity contribution in [3.8, 4) is 6.07 Å². The van der Waals surface area contributed by atoms with Crippen molar-refractivity contribution >= 4 is 17.3 Å². The molecule has 0 aromatic heterocycles. The van der Waals surface area contributed by atoms with Crippen LogP contribution in [0.1, 0.15) is 25.3 Å². The van der Waals surface area contributed by atoms with Crippen molar-refractivity contribution < 1.29 is 0 Å². The highest BCUT2D eigenvalue weighted by Gasteiger charge is 2.15. The first-order valence-corrected chi connectivity index (χ1v) is 6.75. The Morgan fingerprint density at radius 3 is 2.83 bits per heavy atom. The van der Waals surface area contributed by atoms with E-state index in [2.05, 4.69) is 23.2 Å².